The molecule has 1 atom stereocenters. The predicted octanol–water partition coefficient (Wildman–Crippen LogP) is 3.07. The Kier molecular flexibility index (Phi) is 3.78. The second kappa shape index (κ2) is 6.24. The number of carbonyl (C=O) groups is 2. The van der Waals surface area contributed by atoms with Crippen molar-refractivity contribution in [2.75, 3.05) is 10.6 Å². The quantitative estimate of drug-likeness (QED) is 0.771. The molecule has 0 saturated heterocycles. The SMILES string of the molecule is O=C(CC1C(=O)Nc2c(-c3ccccc3)cnn21)Nc1ccccc1. The Balaban J connectivity index is 1.54. The number of para-hydroxylation sites is 1. The van der Waals surface area contributed by atoms with Crippen LogP contribution in [0.2, 0.25) is 0 Å². The third kappa shape index (κ3) is 2.89. The molecular weight excluding hydrogens is 316 g/mol. The average molecular weight is 332 g/mol. The van der Waals surface area contributed by atoms with Gasteiger partial charge in [-0.05, 0) is 17.7 Å². The Bertz CT molecular complexity index is 919. The second-order valence-electron chi connectivity index (χ2n) is 5.84. The van der Waals surface area contributed by atoms with Crippen molar-refractivity contribution < 1.29 is 9.59 Å². The van der Waals surface area contributed by atoms with E-state index in [1.165, 1.54) is 0 Å². The highest BCUT2D eigenvalue weighted by molar-refractivity contribution is 6.04. The molecular formula is C19H16N4O2. The molecule has 0 saturated carbocycles. The Morgan fingerprint density at radius 1 is 1.08 bits per heavy atom. The van der Waals surface area contributed by atoms with E-state index in [4.69, 9.17) is 0 Å². The van der Waals surface area contributed by atoms with E-state index in [1.54, 1.807) is 23.0 Å². The van der Waals surface area contributed by atoms with Crippen LogP contribution in [0.5, 0.6) is 0 Å². The molecule has 2 heterocycles. The van der Waals surface area contributed by atoms with Gasteiger partial charge in [-0.15, -0.1) is 0 Å². The number of hydrogen-bond acceptors (Lipinski definition) is 3. The second-order valence-corrected chi connectivity index (χ2v) is 5.84. The number of carbonyl (C=O) groups excluding carboxylic acids is 2. The molecule has 2 aromatic carbocycles. The van der Waals surface area contributed by atoms with Crippen molar-refractivity contribution in [3.8, 4) is 11.1 Å². The number of aromatic nitrogens is 2. The van der Waals surface area contributed by atoms with E-state index in [0.29, 0.717) is 11.5 Å². The molecule has 0 aliphatic carbocycles. The van der Waals surface area contributed by atoms with Crippen molar-refractivity contribution in [1.29, 1.82) is 0 Å². The summed E-state index contributed by atoms with van der Waals surface area (Å²) in [6.45, 7) is 0. The van der Waals surface area contributed by atoms with Gasteiger partial charge in [0.15, 0.2) is 0 Å². The Morgan fingerprint density at radius 3 is 2.48 bits per heavy atom. The van der Waals surface area contributed by atoms with Crippen LogP contribution in [0.25, 0.3) is 11.1 Å². The van der Waals surface area contributed by atoms with Crippen molar-refractivity contribution in [3.05, 3.63) is 66.9 Å². The summed E-state index contributed by atoms with van der Waals surface area (Å²) in [6.07, 6.45) is 1.75. The van der Waals surface area contributed by atoms with Gasteiger partial charge in [-0.2, -0.15) is 5.10 Å². The standard InChI is InChI=1S/C19H16N4O2/c24-17(21-14-9-5-2-6-10-14)11-16-19(25)22-18-15(12-20-23(16)18)13-7-3-1-4-8-13/h1-10,12,16H,11H2,(H,21,24)(H,22,25). The highest BCUT2D eigenvalue weighted by Gasteiger charge is 2.35. The summed E-state index contributed by atoms with van der Waals surface area (Å²) in [6, 6.07) is 18.2. The zero-order chi connectivity index (χ0) is 17.2. The molecule has 0 fully saturated rings. The van der Waals surface area contributed by atoms with E-state index >= 15 is 0 Å². The molecule has 1 aromatic heterocycles. The molecule has 2 amide bonds. The Hall–Kier alpha value is -3.41. The van der Waals surface area contributed by atoms with Crippen molar-refractivity contribution in [3.63, 3.8) is 0 Å². The van der Waals surface area contributed by atoms with Crippen LogP contribution in [0, 0.1) is 0 Å². The average Bonchev–Trinajstić information content (AvgIpc) is 3.16. The maximum absolute atomic E-state index is 12.3. The first-order valence-electron chi connectivity index (χ1n) is 8.01. The van der Waals surface area contributed by atoms with Gasteiger partial charge in [-0.1, -0.05) is 48.5 Å². The van der Waals surface area contributed by atoms with E-state index in [2.05, 4.69) is 15.7 Å². The number of benzene rings is 2. The molecule has 0 spiro atoms. The molecule has 4 rings (SSSR count). The zero-order valence-electron chi connectivity index (χ0n) is 13.3. The lowest BCUT2D eigenvalue weighted by atomic mass is 10.1. The molecule has 1 aliphatic heterocycles. The van der Waals surface area contributed by atoms with E-state index < -0.39 is 6.04 Å². The highest BCUT2D eigenvalue weighted by atomic mass is 16.2. The van der Waals surface area contributed by atoms with E-state index in [1.807, 2.05) is 48.5 Å². The fourth-order valence-electron chi connectivity index (χ4n) is 2.95. The predicted molar refractivity (Wildman–Crippen MR) is 95.0 cm³/mol. The van der Waals surface area contributed by atoms with Crippen LogP contribution in [0.4, 0.5) is 11.5 Å². The van der Waals surface area contributed by atoms with Gasteiger partial charge in [-0.25, -0.2) is 4.68 Å². The first kappa shape index (κ1) is 15.1. The molecule has 1 unspecified atom stereocenters. The summed E-state index contributed by atoms with van der Waals surface area (Å²) < 4.78 is 1.59. The zero-order valence-corrected chi connectivity index (χ0v) is 13.3. The van der Waals surface area contributed by atoms with Crippen LogP contribution >= 0.6 is 0 Å². The maximum Gasteiger partial charge on any atom is 0.251 e. The van der Waals surface area contributed by atoms with E-state index in [9.17, 15) is 9.59 Å². The summed E-state index contributed by atoms with van der Waals surface area (Å²) in [5, 5.41) is 9.96. The van der Waals surface area contributed by atoms with Crippen LogP contribution in [0.3, 0.4) is 0 Å². The van der Waals surface area contributed by atoms with Crippen molar-refractivity contribution in [2.45, 2.75) is 12.5 Å². The lowest BCUT2D eigenvalue weighted by Gasteiger charge is -2.09. The van der Waals surface area contributed by atoms with Crippen LogP contribution in [0.1, 0.15) is 12.5 Å². The van der Waals surface area contributed by atoms with Gasteiger partial charge in [0.25, 0.3) is 5.91 Å². The topological polar surface area (TPSA) is 76.0 Å². The fraction of sp³-hybridized carbons (Fsp3) is 0.105. The first-order valence-corrected chi connectivity index (χ1v) is 8.01. The van der Waals surface area contributed by atoms with Gasteiger partial charge >= 0.3 is 0 Å². The van der Waals surface area contributed by atoms with Gasteiger partial charge in [0, 0.05) is 11.3 Å². The molecule has 0 radical (unpaired) electrons. The summed E-state index contributed by atoms with van der Waals surface area (Å²) in [5.41, 5.74) is 2.52. The number of rotatable bonds is 4. The van der Waals surface area contributed by atoms with Gasteiger partial charge in [0.05, 0.1) is 12.6 Å². The normalized spacial score (nSPS) is 15.5. The third-order valence-corrected chi connectivity index (χ3v) is 4.16. The summed E-state index contributed by atoms with van der Waals surface area (Å²) in [7, 11) is 0. The first-order chi connectivity index (χ1) is 12.2. The summed E-state index contributed by atoms with van der Waals surface area (Å²) in [4.78, 5) is 24.6. The number of nitrogens with one attached hydrogen (secondary N) is 2. The van der Waals surface area contributed by atoms with Gasteiger partial charge in [0.2, 0.25) is 5.91 Å². The lowest BCUT2D eigenvalue weighted by molar-refractivity contribution is -0.123. The van der Waals surface area contributed by atoms with Crippen molar-refractivity contribution in [2.24, 2.45) is 0 Å². The summed E-state index contributed by atoms with van der Waals surface area (Å²) in [5.74, 6) is 0.188. The molecule has 3 aromatic rings. The number of fused-ring (bicyclic) bond motifs is 1. The van der Waals surface area contributed by atoms with E-state index in [-0.39, 0.29) is 18.2 Å². The number of amides is 2. The van der Waals surface area contributed by atoms with Crippen LogP contribution in [-0.2, 0) is 9.59 Å². The molecule has 6 nitrogen and oxygen atoms in total. The lowest BCUT2D eigenvalue weighted by Crippen LogP contribution is -2.23. The van der Waals surface area contributed by atoms with Gasteiger partial charge in [0.1, 0.15) is 11.9 Å². The molecule has 124 valence electrons. The monoisotopic (exact) mass is 332 g/mol. The van der Waals surface area contributed by atoms with Crippen molar-refractivity contribution in [1.82, 2.24) is 9.78 Å². The molecule has 2 N–H and O–H groups in total. The number of anilines is 2. The Morgan fingerprint density at radius 2 is 1.76 bits per heavy atom. The minimum Gasteiger partial charge on any atom is -0.326 e. The largest absolute Gasteiger partial charge is 0.326 e. The van der Waals surface area contributed by atoms with Gasteiger partial charge < -0.3 is 10.6 Å². The number of nitrogens with zero attached hydrogens (tertiary/aromatic N) is 2. The fourth-order valence-corrected chi connectivity index (χ4v) is 2.95. The smallest absolute Gasteiger partial charge is 0.251 e. The third-order valence-electron chi connectivity index (χ3n) is 4.16. The van der Waals surface area contributed by atoms with Crippen LogP contribution in [0.15, 0.2) is 66.9 Å². The maximum atomic E-state index is 12.3. The highest BCUT2D eigenvalue weighted by Crippen LogP contribution is 2.35. The minimum absolute atomic E-state index is 0.0314. The number of hydrogen-bond donors (Lipinski definition) is 2. The van der Waals surface area contributed by atoms with E-state index in [0.717, 1.165) is 11.1 Å². The minimum atomic E-state index is -0.642. The van der Waals surface area contributed by atoms with Crippen molar-refractivity contribution >= 4 is 23.3 Å². The molecule has 1 aliphatic rings. The summed E-state index contributed by atoms with van der Waals surface area (Å²) >= 11 is 0. The van der Waals surface area contributed by atoms with Gasteiger partial charge in [-0.3, -0.25) is 9.59 Å². The molecule has 6 heteroatoms. The molecule has 25 heavy (non-hydrogen) atoms. The van der Waals surface area contributed by atoms with Crippen LogP contribution in [-0.4, -0.2) is 21.6 Å². The molecule has 0 bridgehead atoms. The van der Waals surface area contributed by atoms with Crippen LogP contribution < -0.4 is 10.6 Å². The Labute approximate surface area is 144 Å².